The van der Waals surface area contributed by atoms with Crippen LogP contribution in [0.3, 0.4) is 0 Å². The molecule has 4 nitrogen and oxygen atoms in total. The van der Waals surface area contributed by atoms with Crippen molar-refractivity contribution in [1.29, 1.82) is 0 Å². The number of carbonyl (C=O) groups is 1. The Labute approximate surface area is 108 Å². The van der Waals surface area contributed by atoms with E-state index < -0.39 is 0 Å². The maximum Gasteiger partial charge on any atom is 0.238 e. The van der Waals surface area contributed by atoms with Crippen LogP contribution in [-0.4, -0.2) is 26.1 Å². The van der Waals surface area contributed by atoms with Gasteiger partial charge in [0.05, 0.1) is 13.7 Å². The molecule has 0 aliphatic heterocycles. The molecule has 0 unspecified atom stereocenters. The predicted molar refractivity (Wildman–Crippen MR) is 74.2 cm³/mol. The lowest BCUT2D eigenvalue weighted by Crippen LogP contribution is -2.28. The normalized spacial score (nSPS) is 9.94. The van der Waals surface area contributed by atoms with E-state index in [1.165, 1.54) is 0 Å². The monoisotopic (exact) mass is 248 g/mol. The van der Waals surface area contributed by atoms with Crippen molar-refractivity contribution >= 4 is 11.6 Å². The van der Waals surface area contributed by atoms with E-state index in [9.17, 15) is 4.79 Å². The Bertz CT molecular complexity index is 442. The summed E-state index contributed by atoms with van der Waals surface area (Å²) in [6, 6.07) is 3.82. The van der Waals surface area contributed by atoms with Gasteiger partial charge < -0.3 is 15.4 Å². The molecule has 0 bridgehead atoms. The van der Waals surface area contributed by atoms with E-state index in [4.69, 9.17) is 4.74 Å². The van der Waals surface area contributed by atoms with Crippen LogP contribution in [-0.2, 0) is 4.79 Å². The minimum Gasteiger partial charge on any atom is -0.496 e. The number of rotatable bonds is 6. The number of hydrogen-bond acceptors (Lipinski definition) is 3. The van der Waals surface area contributed by atoms with E-state index in [0.29, 0.717) is 6.54 Å². The standard InChI is InChI=1S/C14H20N2O2/c1-5-8-15-9-13(17)16-12-7-6-10(2)14(18-4)11(12)3/h5-7,15H,1,8-9H2,2-4H3,(H,16,17). The molecule has 0 aliphatic carbocycles. The lowest BCUT2D eigenvalue weighted by atomic mass is 10.1. The van der Waals surface area contributed by atoms with Crippen molar-refractivity contribution in [2.24, 2.45) is 0 Å². The number of carbonyl (C=O) groups excluding carboxylic acids is 1. The van der Waals surface area contributed by atoms with E-state index in [-0.39, 0.29) is 12.5 Å². The molecule has 1 aromatic rings. The molecule has 0 radical (unpaired) electrons. The first-order valence-electron chi connectivity index (χ1n) is 5.85. The largest absolute Gasteiger partial charge is 0.496 e. The fourth-order valence-electron chi connectivity index (χ4n) is 1.76. The summed E-state index contributed by atoms with van der Waals surface area (Å²) in [6.45, 7) is 8.36. The van der Waals surface area contributed by atoms with Crippen molar-refractivity contribution < 1.29 is 9.53 Å². The first-order chi connectivity index (χ1) is 8.60. The Morgan fingerprint density at radius 3 is 2.78 bits per heavy atom. The molecule has 1 amide bonds. The van der Waals surface area contributed by atoms with Crippen LogP contribution in [0.1, 0.15) is 11.1 Å². The van der Waals surface area contributed by atoms with Gasteiger partial charge in [-0.2, -0.15) is 0 Å². The number of benzene rings is 1. The van der Waals surface area contributed by atoms with Gasteiger partial charge in [0.2, 0.25) is 5.91 Å². The lowest BCUT2D eigenvalue weighted by molar-refractivity contribution is -0.115. The van der Waals surface area contributed by atoms with Gasteiger partial charge in [-0.05, 0) is 25.5 Å². The zero-order valence-electron chi connectivity index (χ0n) is 11.2. The summed E-state index contributed by atoms with van der Waals surface area (Å²) in [5, 5.41) is 5.81. The van der Waals surface area contributed by atoms with Crippen molar-refractivity contribution in [3.63, 3.8) is 0 Å². The number of amides is 1. The highest BCUT2D eigenvalue weighted by molar-refractivity contribution is 5.93. The van der Waals surface area contributed by atoms with Crippen molar-refractivity contribution in [3.05, 3.63) is 35.9 Å². The SMILES string of the molecule is C=CCNCC(=O)Nc1ccc(C)c(OC)c1C. The average molecular weight is 248 g/mol. The molecule has 0 atom stereocenters. The molecule has 4 heteroatoms. The van der Waals surface area contributed by atoms with Crippen molar-refractivity contribution in [1.82, 2.24) is 5.32 Å². The first-order valence-corrected chi connectivity index (χ1v) is 5.85. The quantitative estimate of drug-likeness (QED) is 0.598. The van der Waals surface area contributed by atoms with Crippen LogP contribution in [0.4, 0.5) is 5.69 Å². The molecular formula is C14H20N2O2. The fraction of sp³-hybridized carbons (Fsp3) is 0.357. The Balaban J connectivity index is 2.73. The van der Waals surface area contributed by atoms with Gasteiger partial charge in [0.15, 0.2) is 0 Å². The number of aryl methyl sites for hydroxylation is 1. The van der Waals surface area contributed by atoms with E-state index in [2.05, 4.69) is 17.2 Å². The zero-order chi connectivity index (χ0) is 13.5. The highest BCUT2D eigenvalue weighted by Crippen LogP contribution is 2.28. The summed E-state index contributed by atoms with van der Waals surface area (Å²) in [4.78, 5) is 11.7. The first kappa shape index (κ1) is 14.3. The van der Waals surface area contributed by atoms with Gasteiger partial charge >= 0.3 is 0 Å². The number of hydrogen-bond donors (Lipinski definition) is 2. The minimum atomic E-state index is -0.0779. The Hall–Kier alpha value is -1.81. The van der Waals surface area contributed by atoms with Crippen LogP contribution in [0.15, 0.2) is 24.8 Å². The second-order valence-corrected chi connectivity index (χ2v) is 4.06. The number of nitrogens with one attached hydrogen (secondary N) is 2. The molecule has 1 aromatic carbocycles. The Kier molecular flexibility index (Phi) is 5.39. The molecule has 0 aliphatic rings. The second-order valence-electron chi connectivity index (χ2n) is 4.06. The summed E-state index contributed by atoms with van der Waals surface area (Å²) in [5.41, 5.74) is 2.77. The van der Waals surface area contributed by atoms with Crippen LogP contribution in [0, 0.1) is 13.8 Å². The van der Waals surface area contributed by atoms with Crippen LogP contribution in [0.25, 0.3) is 0 Å². The maximum atomic E-state index is 11.7. The van der Waals surface area contributed by atoms with Gasteiger partial charge in [-0.1, -0.05) is 12.1 Å². The van der Waals surface area contributed by atoms with E-state index in [1.807, 2.05) is 26.0 Å². The van der Waals surface area contributed by atoms with Crippen molar-refractivity contribution in [2.75, 3.05) is 25.5 Å². The Morgan fingerprint density at radius 2 is 2.17 bits per heavy atom. The molecule has 0 spiro atoms. The molecule has 98 valence electrons. The highest BCUT2D eigenvalue weighted by Gasteiger charge is 2.09. The smallest absolute Gasteiger partial charge is 0.238 e. The van der Waals surface area contributed by atoms with Crippen molar-refractivity contribution in [3.8, 4) is 5.75 Å². The van der Waals surface area contributed by atoms with Gasteiger partial charge in [0, 0.05) is 17.8 Å². The zero-order valence-corrected chi connectivity index (χ0v) is 11.2. The third kappa shape index (κ3) is 3.60. The minimum absolute atomic E-state index is 0.0779. The van der Waals surface area contributed by atoms with E-state index in [0.717, 1.165) is 22.6 Å². The summed E-state index contributed by atoms with van der Waals surface area (Å²) >= 11 is 0. The molecule has 0 saturated carbocycles. The van der Waals surface area contributed by atoms with Crippen LogP contribution >= 0.6 is 0 Å². The van der Waals surface area contributed by atoms with Gasteiger partial charge in [-0.25, -0.2) is 0 Å². The van der Waals surface area contributed by atoms with Gasteiger partial charge in [-0.3, -0.25) is 4.79 Å². The number of anilines is 1. The average Bonchev–Trinajstić information content (AvgIpc) is 2.34. The molecule has 1 rings (SSSR count). The molecule has 2 N–H and O–H groups in total. The predicted octanol–water partition coefficient (Wildman–Crippen LogP) is 2.03. The highest BCUT2D eigenvalue weighted by atomic mass is 16.5. The van der Waals surface area contributed by atoms with Crippen LogP contribution in [0.2, 0.25) is 0 Å². The summed E-state index contributed by atoms with van der Waals surface area (Å²) in [7, 11) is 1.63. The second kappa shape index (κ2) is 6.81. The van der Waals surface area contributed by atoms with E-state index >= 15 is 0 Å². The number of ether oxygens (including phenoxy) is 1. The molecule has 0 heterocycles. The summed E-state index contributed by atoms with van der Waals surface area (Å²) in [5.74, 6) is 0.734. The molecule has 0 fully saturated rings. The van der Waals surface area contributed by atoms with Gasteiger partial charge in [0.25, 0.3) is 0 Å². The topological polar surface area (TPSA) is 50.4 Å². The summed E-state index contributed by atoms with van der Waals surface area (Å²) in [6.07, 6.45) is 1.72. The molecule has 0 saturated heterocycles. The van der Waals surface area contributed by atoms with Crippen LogP contribution < -0.4 is 15.4 Å². The van der Waals surface area contributed by atoms with E-state index in [1.54, 1.807) is 13.2 Å². The molecular weight excluding hydrogens is 228 g/mol. The third-order valence-electron chi connectivity index (χ3n) is 2.66. The van der Waals surface area contributed by atoms with Crippen molar-refractivity contribution in [2.45, 2.75) is 13.8 Å². The lowest BCUT2D eigenvalue weighted by Gasteiger charge is -2.14. The maximum absolute atomic E-state index is 11.7. The Morgan fingerprint density at radius 1 is 1.44 bits per heavy atom. The van der Waals surface area contributed by atoms with Gasteiger partial charge in [0.1, 0.15) is 5.75 Å². The number of methoxy groups -OCH3 is 1. The fourth-order valence-corrected chi connectivity index (χ4v) is 1.76. The van der Waals surface area contributed by atoms with Crippen LogP contribution in [0.5, 0.6) is 5.75 Å². The molecule has 18 heavy (non-hydrogen) atoms. The summed E-state index contributed by atoms with van der Waals surface area (Å²) < 4.78 is 5.32. The molecule has 0 aromatic heterocycles. The van der Waals surface area contributed by atoms with Gasteiger partial charge in [-0.15, -0.1) is 6.58 Å². The third-order valence-corrected chi connectivity index (χ3v) is 2.66.